The minimum absolute atomic E-state index is 0.115. The highest BCUT2D eigenvalue weighted by atomic mass is 32.2. The Kier molecular flexibility index (Phi) is 7.29. The number of nitrogens with zero attached hydrogens (tertiary/aromatic N) is 5. The van der Waals surface area contributed by atoms with Gasteiger partial charge in [-0.05, 0) is 44.0 Å². The summed E-state index contributed by atoms with van der Waals surface area (Å²) in [7, 11) is -3.74. The second kappa shape index (κ2) is 10.6. The van der Waals surface area contributed by atoms with Crippen LogP contribution in [0.1, 0.15) is 30.7 Å². The van der Waals surface area contributed by atoms with E-state index in [-0.39, 0.29) is 17.3 Å². The van der Waals surface area contributed by atoms with Crippen LogP contribution < -0.4 is 15.5 Å². The lowest BCUT2D eigenvalue weighted by Gasteiger charge is -2.29. The number of nitriles is 1. The van der Waals surface area contributed by atoms with Crippen LogP contribution in [0.4, 0.5) is 16.3 Å². The van der Waals surface area contributed by atoms with Gasteiger partial charge in [-0.1, -0.05) is 0 Å². The Morgan fingerprint density at radius 2 is 1.92 bits per heavy atom. The Morgan fingerprint density at radius 3 is 2.55 bits per heavy atom. The molecule has 1 aromatic carbocycles. The van der Waals surface area contributed by atoms with Gasteiger partial charge < -0.3 is 20.3 Å². The van der Waals surface area contributed by atoms with Crippen molar-refractivity contribution in [2.24, 2.45) is 0 Å². The molecule has 0 radical (unpaired) electrons. The molecule has 11 nitrogen and oxygen atoms in total. The Morgan fingerprint density at radius 1 is 1.18 bits per heavy atom. The topological polar surface area (TPSA) is 150 Å². The van der Waals surface area contributed by atoms with E-state index in [1.807, 2.05) is 6.07 Å². The fraction of sp³-hybridized carbons (Fsp3) is 0.400. The molecule has 3 heterocycles. The van der Waals surface area contributed by atoms with Crippen molar-refractivity contribution in [2.75, 3.05) is 43.1 Å². The molecule has 1 aliphatic heterocycles. The van der Waals surface area contributed by atoms with Gasteiger partial charge >= 0.3 is 6.03 Å². The van der Waals surface area contributed by atoms with Crippen molar-refractivity contribution in [3.8, 4) is 17.5 Å². The lowest BCUT2D eigenvalue weighted by Crippen LogP contribution is -2.37. The number of urea groups is 1. The minimum Gasteiger partial charge on any atom is -0.378 e. The third kappa shape index (κ3) is 5.20. The van der Waals surface area contributed by atoms with Crippen LogP contribution in [0.15, 0.2) is 40.1 Å². The van der Waals surface area contributed by atoms with Crippen molar-refractivity contribution in [1.82, 2.24) is 20.3 Å². The first-order valence-corrected chi connectivity index (χ1v) is 14.6. The lowest BCUT2D eigenvalue weighted by molar-refractivity contribution is 0.122. The maximum absolute atomic E-state index is 13.7. The number of aromatic nitrogens is 3. The fourth-order valence-corrected chi connectivity index (χ4v) is 7.53. The molecule has 2 fully saturated rings. The van der Waals surface area contributed by atoms with Crippen molar-refractivity contribution in [3.63, 3.8) is 0 Å². The Balaban J connectivity index is 1.48. The number of morpholine rings is 1. The van der Waals surface area contributed by atoms with Gasteiger partial charge in [0.25, 0.3) is 0 Å². The monoisotopic (exact) mass is 553 g/mol. The van der Waals surface area contributed by atoms with Gasteiger partial charge in [-0.15, -0.1) is 11.3 Å². The number of thiazole rings is 1. The van der Waals surface area contributed by atoms with Crippen LogP contribution in [0.25, 0.3) is 11.4 Å². The highest BCUT2D eigenvalue weighted by molar-refractivity contribution is 7.94. The summed E-state index contributed by atoms with van der Waals surface area (Å²) in [6.45, 7) is 4.45. The summed E-state index contributed by atoms with van der Waals surface area (Å²) >= 11 is 1.14. The van der Waals surface area contributed by atoms with E-state index >= 15 is 0 Å². The van der Waals surface area contributed by atoms with E-state index in [2.05, 4.69) is 20.5 Å². The maximum atomic E-state index is 13.7. The van der Waals surface area contributed by atoms with Gasteiger partial charge in [-0.25, -0.2) is 28.2 Å². The van der Waals surface area contributed by atoms with Crippen molar-refractivity contribution >= 4 is 38.7 Å². The Hall–Kier alpha value is -3.60. The first-order valence-electron chi connectivity index (χ1n) is 12.2. The minimum atomic E-state index is -3.74. The SMILES string of the molecule is Cc1csc(S(=O)(=O)C2(c3cc(N4CCOCC4)nc(-c4ccc(NC(=O)NCCC#N)cc4)n3)CC2)n1. The number of carbonyl (C=O) groups is 1. The number of amides is 2. The molecule has 0 spiro atoms. The second-order valence-corrected chi connectivity index (χ2v) is 12.4. The van der Waals surface area contributed by atoms with Gasteiger partial charge in [0.05, 0.1) is 31.4 Å². The van der Waals surface area contributed by atoms with Gasteiger partial charge in [0.2, 0.25) is 14.2 Å². The summed E-state index contributed by atoms with van der Waals surface area (Å²) in [5.74, 6) is 1.06. The molecule has 1 saturated carbocycles. The predicted octanol–water partition coefficient (Wildman–Crippen LogP) is 3.24. The number of hydrogen-bond donors (Lipinski definition) is 2. The predicted molar refractivity (Wildman–Crippen MR) is 143 cm³/mol. The summed E-state index contributed by atoms with van der Waals surface area (Å²) in [6, 6.07) is 10.4. The number of hydrogen-bond acceptors (Lipinski definition) is 10. The molecule has 13 heteroatoms. The highest BCUT2D eigenvalue weighted by Gasteiger charge is 2.59. The average Bonchev–Trinajstić information content (AvgIpc) is 3.64. The zero-order valence-corrected chi connectivity index (χ0v) is 22.4. The molecule has 2 amide bonds. The van der Waals surface area contributed by atoms with Crippen LogP contribution in [0.3, 0.4) is 0 Å². The van der Waals surface area contributed by atoms with Gasteiger partial charge in [0.1, 0.15) is 10.6 Å². The van der Waals surface area contributed by atoms with Crippen LogP contribution in [0.2, 0.25) is 0 Å². The maximum Gasteiger partial charge on any atom is 0.319 e. The molecule has 5 rings (SSSR count). The van der Waals surface area contributed by atoms with Crippen LogP contribution in [0, 0.1) is 18.3 Å². The molecule has 38 heavy (non-hydrogen) atoms. The van der Waals surface area contributed by atoms with E-state index in [9.17, 15) is 13.2 Å². The third-order valence-corrected chi connectivity index (χ3v) is 10.4. The summed E-state index contributed by atoms with van der Waals surface area (Å²) < 4.78 is 31.9. The van der Waals surface area contributed by atoms with E-state index in [0.29, 0.717) is 73.4 Å². The molecular weight excluding hydrogens is 526 g/mol. The van der Waals surface area contributed by atoms with E-state index < -0.39 is 20.6 Å². The Labute approximate surface area is 224 Å². The van der Waals surface area contributed by atoms with E-state index in [1.54, 1.807) is 42.6 Å². The molecule has 198 valence electrons. The number of aryl methyl sites for hydroxylation is 1. The molecule has 2 aliphatic rings. The third-order valence-electron chi connectivity index (χ3n) is 6.48. The fourth-order valence-electron chi connectivity index (χ4n) is 4.26. The van der Waals surface area contributed by atoms with E-state index in [1.165, 1.54) is 0 Å². The summed E-state index contributed by atoms with van der Waals surface area (Å²) in [4.78, 5) is 27.9. The molecule has 1 aliphatic carbocycles. The van der Waals surface area contributed by atoms with Gasteiger partial charge in [0.15, 0.2) is 5.82 Å². The number of ether oxygens (including phenoxy) is 1. The van der Waals surface area contributed by atoms with Crippen molar-refractivity contribution in [1.29, 1.82) is 5.26 Å². The van der Waals surface area contributed by atoms with Crippen LogP contribution in [-0.2, 0) is 19.3 Å². The van der Waals surface area contributed by atoms with Gasteiger partial charge in [-0.2, -0.15) is 5.26 Å². The zero-order chi connectivity index (χ0) is 26.8. The molecule has 0 bridgehead atoms. The number of carbonyl (C=O) groups excluding carboxylic acids is 1. The summed E-state index contributed by atoms with van der Waals surface area (Å²) in [6.07, 6.45) is 1.17. The number of benzene rings is 1. The zero-order valence-electron chi connectivity index (χ0n) is 20.8. The normalized spacial score (nSPS) is 16.5. The van der Waals surface area contributed by atoms with Crippen molar-refractivity contribution in [2.45, 2.75) is 35.3 Å². The lowest BCUT2D eigenvalue weighted by atomic mass is 10.1. The number of sulfone groups is 1. The largest absolute Gasteiger partial charge is 0.378 e. The van der Waals surface area contributed by atoms with Crippen LogP contribution >= 0.6 is 11.3 Å². The summed E-state index contributed by atoms with van der Waals surface area (Å²) in [5, 5.41) is 15.7. The second-order valence-electron chi connectivity index (χ2n) is 9.15. The van der Waals surface area contributed by atoms with E-state index in [0.717, 1.165) is 11.3 Å². The standard InChI is InChI=1S/C25H27N7O4S2/c1-17-16-37-24(28-17)38(34,35)25(7-8-25)20-15-21(32-11-13-36-14-12-32)31-22(30-20)18-3-5-19(6-4-18)29-23(33)27-10-2-9-26/h3-6,15-16H,2,7-8,10-14H2,1H3,(H2,27,29,33). The van der Waals surface area contributed by atoms with E-state index in [4.69, 9.17) is 20.0 Å². The molecular formula is C25H27N7O4S2. The first-order chi connectivity index (χ1) is 18.3. The van der Waals surface area contributed by atoms with Crippen molar-refractivity contribution in [3.05, 3.63) is 47.1 Å². The van der Waals surface area contributed by atoms with Crippen LogP contribution in [0.5, 0.6) is 0 Å². The molecule has 2 N–H and O–H groups in total. The first kappa shape index (κ1) is 26.0. The smallest absolute Gasteiger partial charge is 0.319 e. The average molecular weight is 554 g/mol. The van der Waals surface area contributed by atoms with Crippen molar-refractivity contribution < 1.29 is 17.9 Å². The molecule has 1 saturated heterocycles. The highest BCUT2D eigenvalue weighted by Crippen LogP contribution is 2.55. The summed E-state index contributed by atoms with van der Waals surface area (Å²) in [5.41, 5.74) is 2.40. The number of nitrogens with one attached hydrogen (secondary N) is 2. The van der Waals surface area contributed by atoms with Crippen LogP contribution in [-0.4, -0.2) is 62.2 Å². The molecule has 3 aromatic rings. The number of rotatable bonds is 8. The Bertz CT molecular complexity index is 1470. The molecule has 0 atom stereocenters. The number of anilines is 2. The van der Waals surface area contributed by atoms with Gasteiger partial charge in [0, 0.05) is 48.0 Å². The quantitative estimate of drug-likeness (QED) is 0.401. The van der Waals surface area contributed by atoms with Gasteiger partial charge in [-0.3, -0.25) is 0 Å². The molecule has 0 unspecified atom stereocenters. The molecule has 2 aromatic heterocycles.